The summed E-state index contributed by atoms with van der Waals surface area (Å²) in [6.45, 7) is 6.09. The zero-order valence-electron chi connectivity index (χ0n) is 18.0. The van der Waals surface area contributed by atoms with Crippen LogP contribution in [-0.2, 0) is 9.59 Å². The molecule has 2 aliphatic rings. The van der Waals surface area contributed by atoms with Gasteiger partial charge in [0.2, 0.25) is 5.91 Å². The average molecular weight is 405 g/mol. The van der Waals surface area contributed by atoms with Crippen LogP contribution >= 0.6 is 0 Å². The van der Waals surface area contributed by atoms with Crippen molar-refractivity contribution >= 4 is 23.1 Å². The van der Waals surface area contributed by atoms with Crippen molar-refractivity contribution in [3.05, 3.63) is 65.4 Å². The van der Waals surface area contributed by atoms with E-state index in [0.29, 0.717) is 18.4 Å². The van der Waals surface area contributed by atoms with Crippen molar-refractivity contribution in [1.29, 1.82) is 0 Å². The molecule has 1 atom stereocenters. The fourth-order valence-electron chi connectivity index (χ4n) is 4.53. The second-order valence-corrected chi connectivity index (χ2v) is 8.77. The third-order valence-electron chi connectivity index (χ3n) is 5.90. The summed E-state index contributed by atoms with van der Waals surface area (Å²) in [6, 6.07) is 15.0. The molecule has 0 radical (unpaired) electrons. The van der Waals surface area contributed by atoms with Crippen molar-refractivity contribution in [1.82, 2.24) is 0 Å². The normalized spacial score (nSPS) is 20.1. The van der Waals surface area contributed by atoms with Crippen molar-refractivity contribution in [2.24, 2.45) is 5.41 Å². The Kier molecular flexibility index (Phi) is 5.14. The summed E-state index contributed by atoms with van der Waals surface area (Å²) in [5.41, 5.74) is 4.02. The first-order chi connectivity index (χ1) is 14.3. The first kappa shape index (κ1) is 20.2. The van der Waals surface area contributed by atoms with Gasteiger partial charge in [0, 0.05) is 24.1 Å². The summed E-state index contributed by atoms with van der Waals surface area (Å²) in [7, 11) is 1.63. The Labute approximate surface area is 177 Å². The Morgan fingerprint density at radius 1 is 1.13 bits per heavy atom. The quantitative estimate of drug-likeness (QED) is 0.759. The molecule has 0 bridgehead atoms. The zero-order valence-corrected chi connectivity index (χ0v) is 18.0. The highest BCUT2D eigenvalue weighted by Crippen LogP contribution is 2.48. The van der Waals surface area contributed by atoms with E-state index < -0.39 is 6.04 Å². The highest BCUT2D eigenvalue weighted by molar-refractivity contribution is 6.06. The lowest BCUT2D eigenvalue weighted by Crippen LogP contribution is -2.39. The van der Waals surface area contributed by atoms with Crippen molar-refractivity contribution < 1.29 is 14.3 Å². The van der Waals surface area contributed by atoms with Crippen LogP contribution in [0.1, 0.15) is 51.6 Å². The van der Waals surface area contributed by atoms with E-state index in [1.165, 1.54) is 0 Å². The molecule has 1 aliphatic carbocycles. The summed E-state index contributed by atoms with van der Waals surface area (Å²) >= 11 is 0. The largest absolute Gasteiger partial charge is 0.497 e. The van der Waals surface area contributed by atoms with Gasteiger partial charge in [-0.05, 0) is 41.7 Å². The van der Waals surface area contributed by atoms with Gasteiger partial charge in [0.1, 0.15) is 5.75 Å². The maximum Gasteiger partial charge on any atom is 0.227 e. The predicted molar refractivity (Wildman–Crippen MR) is 119 cm³/mol. The van der Waals surface area contributed by atoms with E-state index in [0.717, 1.165) is 34.8 Å². The number of rotatable bonds is 3. The lowest BCUT2D eigenvalue weighted by atomic mass is 9.73. The van der Waals surface area contributed by atoms with E-state index in [4.69, 9.17) is 4.74 Å². The molecule has 0 fully saturated rings. The molecule has 0 saturated carbocycles. The maximum atomic E-state index is 13.5. The molecule has 1 amide bonds. The number of allylic oxidation sites excluding steroid dienone is 1. The molecule has 0 spiro atoms. The van der Waals surface area contributed by atoms with Crippen LogP contribution in [0.5, 0.6) is 5.75 Å². The Morgan fingerprint density at radius 2 is 1.83 bits per heavy atom. The molecular formula is C25H28N2O3. The fraction of sp³-hybridized carbons (Fsp3) is 0.360. The molecule has 4 rings (SSSR count). The SMILES string of the molecule is CCC(=O)N1c2ccccc2NC2=C(C(=O)CC(C)(C)C2)[C@@H]1c1ccc(OC)cc1. The van der Waals surface area contributed by atoms with E-state index in [9.17, 15) is 9.59 Å². The van der Waals surface area contributed by atoms with Gasteiger partial charge in [-0.2, -0.15) is 0 Å². The van der Waals surface area contributed by atoms with Gasteiger partial charge in [-0.15, -0.1) is 0 Å². The maximum absolute atomic E-state index is 13.5. The summed E-state index contributed by atoms with van der Waals surface area (Å²) in [6.07, 6.45) is 1.57. The number of benzene rings is 2. The van der Waals surface area contributed by atoms with Gasteiger partial charge in [-0.1, -0.05) is 45.0 Å². The molecule has 5 heteroatoms. The molecular weight excluding hydrogens is 376 g/mol. The summed E-state index contributed by atoms with van der Waals surface area (Å²) in [5, 5.41) is 3.52. The monoisotopic (exact) mass is 404 g/mol. The van der Waals surface area contributed by atoms with Crippen molar-refractivity contribution in [3.8, 4) is 5.75 Å². The number of amides is 1. The highest BCUT2D eigenvalue weighted by Gasteiger charge is 2.42. The Bertz CT molecular complexity index is 1020. The number of methoxy groups -OCH3 is 1. The van der Waals surface area contributed by atoms with Crippen LogP contribution < -0.4 is 15.0 Å². The molecule has 30 heavy (non-hydrogen) atoms. The lowest BCUT2D eigenvalue weighted by molar-refractivity contribution is -0.119. The molecule has 1 heterocycles. The van der Waals surface area contributed by atoms with Gasteiger partial charge in [0.25, 0.3) is 0 Å². The van der Waals surface area contributed by atoms with E-state index in [1.807, 2.05) is 55.5 Å². The summed E-state index contributed by atoms with van der Waals surface area (Å²) in [5.74, 6) is 0.817. The minimum atomic E-state index is -0.474. The van der Waals surface area contributed by atoms with Gasteiger partial charge < -0.3 is 10.1 Å². The number of nitrogens with one attached hydrogen (secondary N) is 1. The number of nitrogens with zero attached hydrogens (tertiary/aromatic N) is 1. The van der Waals surface area contributed by atoms with E-state index >= 15 is 0 Å². The lowest BCUT2D eigenvalue weighted by Gasteiger charge is -2.37. The first-order valence-electron chi connectivity index (χ1n) is 10.4. The molecule has 0 unspecified atom stereocenters. The zero-order chi connectivity index (χ0) is 21.5. The van der Waals surface area contributed by atoms with Crippen LogP contribution in [0, 0.1) is 5.41 Å². The van der Waals surface area contributed by atoms with Crippen molar-refractivity contribution in [2.45, 2.75) is 46.1 Å². The van der Waals surface area contributed by atoms with Crippen molar-refractivity contribution in [2.75, 3.05) is 17.3 Å². The van der Waals surface area contributed by atoms with Crippen molar-refractivity contribution in [3.63, 3.8) is 0 Å². The van der Waals surface area contributed by atoms with E-state index in [-0.39, 0.29) is 17.1 Å². The molecule has 2 aromatic carbocycles. The molecule has 1 aliphatic heterocycles. The minimum absolute atomic E-state index is 0.0172. The number of hydrogen-bond acceptors (Lipinski definition) is 4. The summed E-state index contributed by atoms with van der Waals surface area (Å²) in [4.78, 5) is 28.5. The number of anilines is 2. The number of ether oxygens (including phenoxy) is 1. The summed E-state index contributed by atoms with van der Waals surface area (Å²) < 4.78 is 5.32. The third-order valence-corrected chi connectivity index (χ3v) is 5.90. The third kappa shape index (κ3) is 3.49. The van der Waals surface area contributed by atoms with Crippen LogP contribution in [-0.4, -0.2) is 18.8 Å². The minimum Gasteiger partial charge on any atom is -0.497 e. The van der Waals surface area contributed by atoms with Gasteiger partial charge in [0.05, 0.1) is 24.5 Å². The fourth-order valence-corrected chi connectivity index (χ4v) is 4.53. The van der Waals surface area contributed by atoms with Gasteiger partial charge >= 0.3 is 0 Å². The number of carbonyl (C=O) groups excluding carboxylic acids is 2. The van der Waals surface area contributed by atoms with Gasteiger partial charge in [-0.3, -0.25) is 14.5 Å². The number of hydrogen-bond donors (Lipinski definition) is 1. The topological polar surface area (TPSA) is 58.6 Å². The first-order valence-corrected chi connectivity index (χ1v) is 10.4. The van der Waals surface area contributed by atoms with Crippen LogP contribution in [0.2, 0.25) is 0 Å². The number of ketones is 1. The number of Topliss-reactive ketones (excluding diaryl/α,β-unsaturated/α-hetero) is 1. The molecule has 5 nitrogen and oxygen atoms in total. The smallest absolute Gasteiger partial charge is 0.227 e. The molecule has 156 valence electrons. The number of carbonyl (C=O) groups is 2. The number of fused-ring (bicyclic) bond motifs is 1. The molecule has 0 aromatic heterocycles. The molecule has 0 saturated heterocycles. The van der Waals surface area contributed by atoms with Gasteiger partial charge in [0.15, 0.2) is 5.78 Å². The van der Waals surface area contributed by atoms with Crippen LogP contribution in [0.15, 0.2) is 59.8 Å². The molecule has 2 aromatic rings. The van der Waals surface area contributed by atoms with Crippen LogP contribution in [0.25, 0.3) is 0 Å². The average Bonchev–Trinajstić information content (AvgIpc) is 2.86. The Hall–Kier alpha value is -3.08. The Balaban J connectivity index is 1.98. The number of para-hydroxylation sites is 2. The second-order valence-electron chi connectivity index (χ2n) is 8.77. The second kappa shape index (κ2) is 7.63. The Morgan fingerprint density at radius 3 is 2.50 bits per heavy atom. The highest BCUT2D eigenvalue weighted by atomic mass is 16.5. The van der Waals surface area contributed by atoms with Crippen LogP contribution in [0.4, 0.5) is 11.4 Å². The standard InChI is InChI=1S/C25H28N2O3/c1-5-22(29)27-20-9-7-6-8-18(20)26-19-14-25(2,3)15-21(28)23(19)24(27)16-10-12-17(30-4)13-11-16/h6-13,24,26H,5,14-15H2,1-4H3/t24-/m0/s1. The van der Waals surface area contributed by atoms with Crippen LogP contribution in [0.3, 0.4) is 0 Å². The molecule has 1 N–H and O–H groups in total. The van der Waals surface area contributed by atoms with E-state index in [1.54, 1.807) is 12.0 Å². The van der Waals surface area contributed by atoms with E-state index in [2.05, 4.69) is 19.2 Å². The predicted octanol–water partition coefficient (Wildman–Crippen LogP) is 5.25. The van der Waals surface area contributed by atoms with Gasteiger partial charge in [-0.25, -0.2) is 0 Å².